The van der Waals surface area contributed by atoms with E-state index in [1.165, 1.54) is 11.3 Å². The number of carbonyl (C=O) groups is 2. The topological polar surface area (TPSA) is 129 Å². The molecule has 3 atom stereocenters. The lowest BCUT2D eigenvalue weighted by atomic mass is 9.88. The third-order valence-electron chi connectivity index (χ3n) is 6.69. The van der Waals surface area contributed by atoms with Gasteiger partial charge >= 0.3 is 6.09 Å². The molecule has 2 heterocycles. The lowest BCUT2D eigenvalue weighted by Crippen LogP contribution is -2.30. The predicted molar refractivity (Wildman–Crippen MR) is 141 cm³/mol. The van der Waals surface area contributed by atoms with Crippen LogP contribution in [0.15, 0.2) is 36.7 Å². The van der Waals surface area contributed by atoms with E-state index in [1.807, 2.05) is 38.1 Å². The van der Waals surface area contributed by atoms with Gasteiger partial charge in [0.05, 0.1) is 31.5 Å². The van der Waals surface area contributed by atoms with E-state index in [-0.39, 0.29) is 23.8 Å². The summed E-state index contributed by atoms with van der Waals surface area (Å²) in [6.07, 6.45) is 5.44. The van der Waals surface area contributed by atoms with Crippen LogP contribution in [0.25, 0.3) is 0 Å². The molecule has 0 saturated carbocycles. The Kier molecular flexibility index (Phi) is 8.46. The Labute approximate surface area is 220 Å². The van der Waals surface area contributed by atoms with Crippen molar-refractivity contribution in [2.24, 2.45) is 5.92 Å². The second-order valence-electron chi connectivity index (χ2n) is 9.35. The molecule has 0 aliphatic heterocycles. The number of alkyl carbamates (subject to hydrolysis) is 1. The summed E-state index contributed by atoms with van der Waals surface area (Å²) < 4.78 is 10.8. The summed E-state index contributed by atoms with van der Waals surface area (Å²) in [6, 6.07) is 9.77. The molecular formula is C27H31N5O4S. The average Bonchev–Trinajstić information content (AvgIpc) is 3.55. The summed E-state index contributed by atoms with van der Waals surface area (Å²) in [5, 5.41) is 22.8. The molecular weight excluding hydrogens is 490 g/mol. The molecule has 1 aliphatic rings. The van der Waals surface area contributed by atoms with Gasteiger partial charge in [-0.15, -0.1) is 11.3 Å². The number of methoxy groups -OCH3 is 1. The number of hydrogen-bond donors (Lipinski definition) is 3. The number of amides is 2. The molecule has 194 valence electrons. The number of benzene rings is 1. The van der Waals surface area contributed by atoms with Gasteiger partial charge in [-0.3, -0.25) is 9.89 Å². The molecule has 0 saturated heterocycles. The van der Waals surface area contributed by atoms with E-state index in [4.69, 9.17) is 9.47 Å². The smallest absolute Gasteiger partial charge is 0.407 e. The summed E-state index contributed by atoms with van der Waals surface area (Å²) in [5.74, 6) is 0.781. The predicted octanol–water partition coefficient (Wildman–Crippen LogP) is 5.08. The molecule has 0 bridgehead atoms. The van der Waals surface area contributed by atoms with Crippen LogP contribution in [0.1, 0.15) is 65.8 Å². The molecule has 1 aliphatic carbocycles. The molecule has 3 unspecified atom stereocenters. The Balaban J connectivity index is 1.32. The van der Waals surface area contributed by atoms with Gasteiger partial charge in [0.25, 0.3) is 0 Å². The van der Waals surface area contributed by atoms with E-state index in [1.54, 1.807) is 19.5 Å². The van der Waals surface area contributed by atoms with Gasteiger partial charge in [0.2, 0.25) is 5.91 Å². The Morgan fingerprint density at radius 3 is 2.89 bits per heavy atom. The molecule has 1 aromatic carbocycles. The van der Waals surface area contributed by atoms with Crippen molar-refractivity contribution in [2.75, 3.05) is 19.0 Å². The van der Waals surface area contributed by atoms with E-state index < -0.39 is 6.09 Å². The molecule has 9 nitrogen and oxygen atoms in total. The number of nitriles is 1. The number of aromatic amines is 1. The highest BCUT2D eigenvalue weighted by Gasteiger charge is 2.28. The zero-order valence-electron chi connectivity index (χ0n) is 21.2. The van der Waals surface area contributed by atoms with Gasteiger partial charge in [-0.05, 0) is 61.3 Å². The normalized spacial score (nSPS) is 16.1. The number of anilines is 1. The fraction of sp³-hybridized carbons (Fsp3) is 0.407. The standard InChI is InChI=1S/C27H31N5O4S/c1-16(19-5-4-6-21(11-19)35-3)9-25(33)32-26-23(12-28)22-8-7-18(10-24(22)37-26)15-36-27(34)31-17(2)20-13-29-30-14-20/h4-6,11,13-14,16-18H,7-10,15H2,1-3H3,(H,29,30)(H,31,34)(H,32,33). The maximum absolute atomic E-state index is 12.8. The number of H-pyrrole nitrogens is 1. The minimum Gasteiger partial charge on any atom is -0.497 e. The first-order chi connectivity index (χ1) is 17.9. The lowest BCUT2D eigenvalue weighted by molar-refractivity contribution is -0.116. The first-order valence-electron chi connectivity index (χ1n) is 12.3. The van der Waals surface area contributed by atoms with Crippen LogP contribution in [0, 0.1) is 17.2 Å². The van der Waals surface area contributed by atoms with Gasteiger partial charge in [0.1, 0.15) is 16.8 Å². The van der Waals surface area contributed by atoms with Gasteiger partial charge in [0.15, 0.2) is 0 Å². The highest BCUT2D eigenvalue weighted by Crippen LogP contribution is 2.39. The number of hydrogen-bond acceptors (Lipinski definition) is 7. The Morgan fingerprint density at radius 2 is 2.16 bits per heavy atom. The largest absolute Gasteiger partial charge is 0.497 e. The van der Waals surface area contributed by atoms with Crippen molar-refractivity contribution >= 4 is 28.3 Å². The van der Waals surface area contributed by atoms with Gasteiger partial charge in [-0.1, -0.05) is 19.1 Å². The van der Waals surface area contributed by atoms with E-state index in [0.717, 1.165) is 33.7 Å². The summed E-state index contributed by atoms with van der Waals surface area (Å²) >= 11 is 1.45. The van der Waals surface area contributed by atoms with Gasteiger partial charge in [-0.25, -0.2) is 4.79 Å². The zero-order chi connectivity index (χ0) is 26.4. The van der Waals surface area contributed by atoms with Crippen LogP contribution >= 0.6 is 11.3 Å². The molecule has 37 heavy (non-hydrogen) atoms. The fourth-order valence-corrected chi connectivity index (χ4v) is 5.85. The number of nitrogens with one attached hydrogen (secondary N) is 3. The first kappa shape index (κ1) is 26.2. The quantitative estimate of drug-likeness (QED) is 0.360. The van der Waals surface area contributed by atoms with E-state index in [9.17, 15) is 14.9 Å². The fourth-order valence-electron chi connectivity index (χ4n) is 4.52. The summed E-state index contributed by atoms with van der Waals surface area (Å²) in [5.41, 5.74) is 3.44. The number of rotatable bonds is 9. The van der Waals surface area contributed by atoms with Crippen LogP contribution < -0.4 is 15.4 Å². The van der Waals surface area contributed by atoms with Crippen molar-refractivity contribution in [1.29, 1.82) is 5.26 Å². The Hall–Kier alpha value is -3.84. The second kappa shape index (κ2) is 11.9. The number of aromatic nitrogens is 2. The van der Waals surface area contributed by atoms with Crippen LogP contribution in [-0.2, 0) is 22.4 Å². The number of thiophene rings is 1. The summed E-state index contributed by atoms with van der Waals surface area (Å²) in [4.78, 5) is 26.1. The molecule has 3 aromatic rings. The lowest BCUT2D eigenvalue weighted by Gasteiger charge is -2.22. The molecule has 0 radical (unpaired) electrons. The first-order valence-corrected chi connectivity index (χ1v) is 13.1. The van der Waals surface area contributed by atoms with Crippen LogP contribution in [0.4, 0.5) is 9.80 Å². The Morgan fingerprint density at radius 1 is 1.32 bits per heavy atom. The third-order valence-corrected chi connectivity index (χ3v) is 7.86. The molecule has 2 aromatic heterocycles. The minimum absolute atomic E-state index is 0.000811. The SMILES string of the molecule is COc1cccc(C(C)CC(=O)Nc2sc3c(c2C#N)CCC(COC(=O)NC(C)c2cn[nH]c2)C3)c1. The maximum atomic E-state index is 12.8. The maximum Gasteiger partial charge on any atom is 0.407 e. The number of ether oxygens (including phenoxy) is 2. The van der Waals surface area contributed by atoms with Gasteiger partial charge in [0, 0.05) is 23.1 Å². The van der Waals surface area contributed by atoms with Crippen molar-refractivity contribution in [3.05, 3.63) is 63.8 Å². The minimum atomic E-state index is -0.471. The Bertz CT molecular complexity index is 1280. The highest BCUT2D eigenvalue weighted by atomic mass is 32.1. The summed E-state index contributed by atoms with van der Waals surface area (Å²) in [7, 11) is 1.62. The molecule has 10 heteroatoms. The van der Waals surface area contributed by atoms with Crippen molar-refractivity contribution in [1.82, 2.24) is 15.5 Å². The van der Waals surface area contributed by atoms with E-state index in [0.29, 0.717) is 36.4 Å². The van der Waals surface area contributed by atoms with Crippen molar-refractivity contribution in [2.45, 2.75) is 51.5 Å². The molecule has 0 spiro atoms. The van der Waals surface area contributed by atoms with Crippen LogP contribution in [0.5, 0.6) is 5.75 Å². The molecule has 3 N–H and O–H groups in total. The van der Waals surface area contributed by atoms with E-state index in [2.05, 4.69) is 26.9 Å². The number of nitrogens with zero attached hydrogens (tertiary/aromatic N) is 2. The van der Waals surface area contributed by atoms with Crippen molar-refractivity contribution in [3.8, 4) is 11.8 Å². The van der Waals surface area contributed by atoms with Crippen LogP contribution in [0.3, 0.4) is 0 Å². The molecule has 4 rings (SSSR count). The number of carbonyl (C=O) groups excluding carboxylic acids is 2. The molecule has 2 amide bonds. The second-order valence-corrected chi connectivity index (χ2v) is 10.5. The monoisotopic (exact) mass is 521 g/mol. The van der Waals surface area contributed by atoms with Crippen molar-refractivity contribution in [3.63, 3.8) is 0 Å². The van der Waals surface area contributed by atoms with Crippen molar-refractivity contribution < 1.29 is 19.1 Å². The molecule has 0 fully saturated rings. The zero-order valence-corrected chi connectivity index (χ0v) is 22.0. The van der Waals surface area contributed by atoms with Crippen LogP contribution in [-0.4, -0.2) is 35.9 Å². The third kappa shape index (κ3) is 6.49. The van der Waals surface area contributed by atoms with Gasteiger partial charge in [-0.2, -0.15) is 10.4 Å². The highest BCUT2D eigenvalue weighted by molar-refractivity contribution is 7.16. The average molecular weight is 522 g/mol. The van der Waals surface area contributed by atoms with Gasteiger partial charge < -0.3 is 20.1 Å². The van der Waals surface area contributed by atoms with E-state index >= 15 is 0 Å². The van der Waals surface area contributed by atoms with Crippen LogP contribution in [0.2, 0.25) is 0 Å². The number of fused-ring (bicyclic) bond motifs is 1. The summed E-state index contributed by atoms with van der Waals surface area (Å²) in [6.45, 7) is 4.15.